The van der Waals surface area contributed by atoms with Gasteiger partial charge in [-0.3, -0.25) is 9.59 Å². The normalized spacial score (nSPS) is 20.3. The molecule has 2 aromatic rings. The number of aryl methyl sites for hydroxylation is 1. The molecule has 1 N–H and O–H groups in total. The van der Waals surface area contributed by atoms with Crippen LogP contribution < -0.4 is 5.32 Å². The monoisotopic (exact) mass is 360 g/mol. The minimum absolute atomic E-state index is 0.163. The summed E-state index contributed by atoms with van der Waals surface area (Å²) in [6, 6.07) is 8.85. The number of hydrogen-bond donors (Lipinski definition) is 1. The van der Waals surface area contributed by atoms with Crippen LogP contribution in [0, 0.1) is 12.7 Å². The van der Waals surface area contributed by atoms with Crippen LogP contribution in [0.4, 0.5) is 4.39 Å². The van der Waals surface area contributed by atoms with Gasteiger partial charge >= 0.3 is 0 Å². The van der Waals surface area contributed by atoms with Crippen LogP contribution >= 0.6 is 0 Å². The lowest BCUT2D eigenvalue weighted by Crippen LogP contribution is -2.53. The highest BCUT2D eigenvalue weighted by Gasteiger charge is 2.39. The van der Waals surface area contributed by atoms with Gasteiger partial charge in [0.05, 0.1) is 6.04 Å². The first-order valence-electron chi connectivity index (χ1n) is 8.41. The SMILES string of the molecule is Cc1ccc(CCNC(=O)C2OCC(=O)N(C)C2c2ccc(F)cc2)o1. The molecule has 7 heteroatoms. The second kappa shape index (κ2) is 7.70. The summed E-state index contributed by atoms with van der Waals surface area (Å²) < 4.78 is 24.2. The van der Waals surface area contributed by atoms with Crippen molar-refractivity contribution in [1.29, 1.82) is 0 Å². The summed E-state index contributed by atoms with van der Waals surface area (Å²) in [7, 11) is 1.62. The first-order chi connectivity index (χ1) is 12.5. The lowest BCUT2D eigenvalue weighted by molar-refractivity contribution is -0.162. The van der Waals surface area contributed by atoms with E-state index in [1.54, 1.807) is 19.2 Å². The van der Waals surface area contributed by atoms with E-state index < -0.39 is 12.1 Å². The van der Waals surface area contributed by atoms with Crippen LogP contribution in [0.3, 0.4) is 0 Å². The lowest BCUT2D eigenvalue weighted by Gasteiger charge is -2.38. The maximum atomic E-state index is 13.2. The van der Waals surface area contributed by atoms with Gasteiger partial charge < -0.3 is 19.4 Å². The molecule has 1 saturated heterocycles. The Kier molecular flexibility index (Phi) is 5.37. The molecule has 2 amide bonds. The van der Waals surface area contributed by atoms with Gasteiger partial charge in [-0.25, -0.2) is 4.39 Å². The Morgan fingerprint density at radius 2 is 2.00 bits per heavy atom. The average Bonchev–Trinajstić information content (AvgIpc) is 3.03. The van der Waals surface area contributed by atoms with Crippen molar-refractivity contribution < 1.29 is 23.1 Å². The Bertz CT molecular complexity index is 787. The van der Waals surface area contributed by atoms with Gasteiger partial charge in [0.15, 0.2) is 6.10 Å². The molecule has 0 bridgehead atoms. The average molecular weight is 360 g/mol. The predicted molar refractivity (Wildman–Crippen MR) is 91.8 cm³/mol. The standard InChI is InChI=1S/C19H21FN2O4/c1-12-3-8-15(26-12)9-10-21-19(24)18-17(22(2)16(23)11-25-18)13-4-6-14(20)7-5-13/h3-8,17-18H,9-11H2,1-2H3,(H,21,24). The van der Waals surface area contributed by atoms with Crippen LogP contribution in [0.1, 0.15) is 23.1 Å². The Labute approximate surface area is 150 Å². The molecule has 0 radical (unpaired) electrons. The van der Waals surface area contributed by atoms with Gasteiger partial charge in [-0.2, -0.15) is 0 Å². The molecular weight excluding hydrogens is 339 g/mol. The number of benzene rings is 1. The maximum Gasteiger partial charge on any atom is 0.251 e. The molecule has 0 spiro atoms. The Morgan fingerprint density at radius 1 is 1.27 bits per heavy atom. The minimum atomic E-state index is -0.860. The molecule has 1 aliphatic heterocycles. The number of morpholine rings is 1. The molecule has 1 aromatic heterocycles. The molecule has 3 rings (SSSR count). The third-order valence-corrected chi connectivity index (χ3v) is 4.42. The molecule has 1 aromatic carbocycles. The van der Waals surface area contributed by atoms with E-state index in [9.17, 15) is 14.0 Å². The molecule has 2 atom stereocenters. The van der Waals surface area contributed by atoms with Crippen molar-refractivity contribution in [3.05, 3.63) is 59.3 Å². The number of nitrogens with one attached hydrogen (secondary N) is 1. The van der Waals surface area contributed by atoms with E-state index in [0.717, 1.165) is 11.5 Å². The summed E-state index contributed by atoms with van der Waals surface area (Å²) in [5.74, 6) is 0.679. The van der Waals surface area contributed by atoms with Crippen molar-refractivity contribution in [1.82, 2.24) is 10.2 Å². The summed E-state index contributed by atoms with van der Waals surface area (Å²) in [6.45, 7) is 2.08. The fourth-order valence-electron chi connectivity index (χ4n) is 3.02. The molecule has 2 unspecified atom stereocenters. The zero-order chi connectivity index (χ0) is 18.7. The van der Waals surface area contributed by atoms with Gasteiger partial charge in [0.25, 0.3) is 5.91 Å². The van der Waals surface area contributed by atoms with Gasteiger partial charge in [0.2, 0.25) is 5.91 Å². The summed E-state index contributed by atoms with van der Waals surface area (Å²) in [6.07, 6.45) is -0.302. The predicted octanol–water partition coefficient (Wildman–Crippen LogP) is 1.98. The largest absolute Gasteiger partial charge is 0.466 e. The summed E-state index contributed by atoms with van der Waals surface area (Å²) >= 11 is 0. The number of halogens is 1. The van der Waals surface area contributed by atoms with Crippen LogP contribution in [-0.2, 0) is 20.7 Å². The van der Waals surface area contributed by atoms with Crippen molar-refractivity contribution in [2.75, 3.05) is 20.2 Å². The number of hydrogen-bond acceptors (Lipinski definition) is 4. The van der Waals surface area contributed by atoms with Gasteiger partial charge in [0, 0.05) is 20.0 Å². The number of nitrogens with zero attached hydrogens (tertiary/aromatic N) is 1. The third kappa shape index (κ3) is 3.94. The molecule has 1 aliphatic rings. The van der Waals surface area contributed by atoms with Gasteiger partial charge in [-0.15, -0.1) is 0 Å². The highest BCUT2D eigenvalue weighted by molar-refractivity contribution is 5.86. The van der Waals surface area contributed by atoms with Crippen molar-refractivity contribution in [2.24, 2.45) is 0 Å². The van der Waals surface area contributed by atoms with Crippen molar-refractivity contribution in [3.63, 3.8) is 0 Å². The summed E-state index contributed by atoms with van der Waals surface area (Å²) in [4.78, 5) is 26.1. The van der Waals surface area contributed by atoms with E-state index in [1.165, 1.54) is 17.0 Å². The van der Waals surface area contributed by atoms with Crippen LogP contribution in [0.2, 0.25) is 0 Å². The lowest BCUT2D eigenvalue weighted by atomic mass is 9.97. The van der Waals surface area contributed by atoms with Crippen LogP contribution in [0.15, 0.2) is 40.8 Å². The summed E-state index contributed by atoms with van der Waals surface area (Å²) in [5, 5.41) is 2.82. The van der Waals surface area contributed by atoms with E-state index in [-0.39, 0.29) is 24.2 Å². The van der Waals surface area contributed by atoms with Crippen LogP contribution in [0.25, 0.3) is 0 Å². The van der Waals surface area contributed by atoms with E-state index in [1.807, 2.05) is 19.1 Å². The Balaban J connectivity index is 1.69. The molecule has 26 heavy (non-hydrogen) atoms. The number of carbonyl (C=O) groups is 2. The Hall–Kier alpha value is -2.67. The molecule has 1 fully saturated rings. The third-order valence-electron chi connectivity index (χ3n) is 4.42. The number of likely N-dealkylation sites (N-methyl/N-ethyl adjacent to an activating group) is 1. The van der Waals surface area contributed by atoms with E-state index in [4.69, 9.17) is 9.15 Å². The van der Waals surface area contributed by atoms with Crippen molar-refractivity contribution >= 4 is 11.8 Å². The van der Waals surface area contributed by atoms with E-state index in [0.29, 0.717) is 18.5 Å². The van der Waals surface area contributed by atoms with Crippen molar-refractivity contribution in [3.8, 4) is 0 Å². The molecule has 2 heterocycles. The van der Waals surface area contributed by atoms with Gasteiger partial charge in [-0.05, 0) is 36.8 Å². The second-order valence-corrected chi connectivity index (χ2v) is 6.29. The highest BCUT2D eigenvalue weighted by Crippen LogP contribution is 2.29. The molecular formula is C19H21FN2O4. The number of rotatable bonds is 5. The minimum Gasteiger partial charge on any atom is -0.466 e. The number of ether oxygens (including phenoxy) is 1. The zero-order valence-electron chi connectivity index (χ0n) is 14.7. The quantitative estimate of drug-likeness (QED) is 0.885. The van der Waals surface area contributed by atoms with Gasteiger partial charge in [0.1, 0.15) is 23.9 Å². The van der Waals surface area contributed by atoms with E-state index >= 15 is 0 Å². The highest BCUT2D eigenvalue weighted by atomic mass is 19.1. The molecule has 138 valence electrons. The number of carbonyl (C=O) groups excluding carboxylic acids is 2. The molecule has 6 nitrogen and oxygen atoms in total. The van der Waals surface area contributed by atoms with Gasteiger partial charge in [-0.1, -0.05) is 12.1 Å². The molecule has 0 saturated carbocycles. The zero-order valence-corrected chi connectivity index (χ0v) is 14.7. The van der Waals surface area contributed by atoms with Crippen molar-refractivity contribution in [2.45, 2.75) is 25.5 Å². The first-order valence-corrected chi connectivity index (χ1v) is 8.41. The maximum absolute atomic E-state index is 13.2. The molecule has 0 aliphatic carbocycles. The topological polar surface area (TPSA) is 71.8 Å². The fraction of sp³-hybridized carbons (Fsp3) is 0.368. The number of furan rings is 1. The number of amides is 2. The first kappa shape index (κ1) is 18.1. The smallest absolute Gasteiger partial charge is 0.251 e. The van der Waals surface area contributed by atoms with E-state index in [2.05, 4.69) is 5.32 Å². The Morgan fingerprint density at radius 3 is 2.65 bits per heavy atom. The summed E-state index contributed by atoms with van der Waals surface area (Å²) in [5.41, 5.74) is 0.642. The van der Waals surface area contributed by atoms with Crippen LogP contribution in [0.5, 0.6) is 0 Å². The second-order valence-electron chi connectivity index (χ2n) is 6.29. The van der Waals surface area contributed by atoms with Crippen LogP contribution in [-0.4, -0.2) is 43.0 Å². The fourth-order valence-corrected chi connectivity index (χ4v) is 3.02.